The zero-order valence-corrected chi connectivity index (χ0v) is 8.58. The van der Waals surface area contributed by atoms with Gasteiger partial charge in [0.2, 0.25) is 0 Å². The largest absolute Gasteiger partial charge is 0.392 e. The summed E-state index contributed by atoms with van der Waals surface area (Å²) in [6.07, 6.45) is 5.59. The Kier molecular flexibility index (Phi) is 2.89. The van der Waals surface area contributed by atoms with Gasteiger partial charge < -0.3 is 10.0 Å². The van der Waals surface area contributed by atoms with E-state index in [1.807, 2.05) is 6.92 Å². The fourth-order valence-corrected chi connectivity index (χ4v) is 3.06. The van der Waals surface area contributed by atoms with E-state index in [1.54, 1.807) is 0 Å². The second kappa shape index (κ2) is 3.97. The molecule has 2 bridgehead atoms. The minimum atomic E-state index is -0.154. The molecule has 1 aliphatic heterocycles. The molecule has 0 aromatic heterocycles. The van der Waals surface area contributed by atoms with Crippen molar-refractivity contribution in [2.75, 3.05) is 19.6 Å². The molecule has 0 aromatic rings. The Morgan fingerprint density at radius 2 is 1.92 bits per heavy atom. The van der Waals surface area contributed by atoms with E-state index >= 15 is 0 Å². The molecule has 2 rings (SSSR count). The van der Waals surface area contributed by atoms with E-state index in [2.05, 4.69) is 4.90 Å². The first-order valence-electron chi connectivity index (χ1n) is 5.64. The van der Waals surface area contributed by atoms with Gasteiger partial charge in [-0.3, -0.25) is 0 Å². The minimum Gasteiger partial charge on any atom is -0.392 e. The molecule has 76 valence electrons. The smallest absolute Gasteiger partial charge is 0.0639 e. The first kappa shape index (κ1) is 9.47. The fourth-order valence-electron chi connectivity index (χ4n) is 3.06. The molecule has 1 saturated heterocycles. The van der Waals surface area contributed by atoms with E-state index in [9.17, 15) is 5.11 Å². The number of piperidine rings is 1. The number of rotatable bonds is 2. The number of likely N-dealkylation sites (tertiary alicyclic amines) is 1. The molecule has 2 nitrogen and oxygen atoms in total. The van der Waals surface area contributed by atoms with Gasteiger partial charge in [-0.2, -0.15) is 0 Å². The molecular formula is C11H21NO. The van der Waals surface area contributed by atoms with Crippen LogP contribution in [0.4, 0.5) is 0 Å². The maximum absolute atomic E-state index is 9.33. The number of aliphatic hydroxyl groups is 1. The number of aliphatic hydroxyl groups excluding tert-OH is 1. The van der Waals surface area contributed by atoms with Crippen LogP contribution in [0.25, 0.3) is 0 Å². The molecule has 0 radical (unpaired) electrons. The molecule has 1 aliphatic carbocycles. The van der Waals surface area contributed by atoms with Crippen molar-refractivity contribution in [3.63, 3.8) is 0 Å². The molecule has 1 saturated carbocycles. The first-order valence-corrected chi connectivity index (χ1v) is 5.64. The lowest BCUT2D eigenvalue weighted by Gasteiger charge is -2.41. The molecule has 2 unspecified atom stereocenters. The third kappa shape index (κ3) is 2.44. The first-order chi connectivity index (χ1) is 6.24. The number of β-amino-alcohol motifs (C(OH)–C–C–N with tert-alkyl or cyclic N) is 1. The number of hydrogen-bond acceptors (Lipinski definition) is 2. The van der Waals surface area contributed by atoms with Crippen LogP contribution < -0.4 is 0 Å². The predicted octanol–water partition coefficient (Wildman–Crippen LogP) is 1.49. The molecule has 1 N–H and O–H groups in total. The van der Waals surface area contributed by atoms with Crippen molar-refractivity contribution >= 4 is 0 Å². The quantitative estimate of drug-likeness (QED) is 0.701. The molecule has 1 heterocycles. The van der Waals surface area contributed by atoms with Crippen LogP contribution in [0.2, 0.25) is 0 Å². The molecule has 0 amide bonds. The van der Waals surface area contributed by atoms with Gasteiger partial charge in [0.15, 0.2) is 0 Å². The van der Waals surface area contributed by atoms with Crippen molar-refractivity contribution in [2.24, 2.45) is 11.8 Å². The molecular weight excluding hydrogens is 162 g/mol. The Morgan fingerprint density at radius 3 is 2.46 bits per heavy atom. The average molecular weight is 183 g/mol. The van der Waals surface area contributed by atoms with Crippen molar-refractivity contribution in [3.05, 3.63) is 0 Å². The zero-order valence-electron chi connectivity index (χ0n) is 8.58. The summed E-state index contributed by atoms with van der Waals surface area (Å²) in [4.78, 5) is 2.46. The average Bonchev–Trinajstić information content (AvgIpc) is 2.01. The van der Waals surface area contributed by atoms with Crippen LogP contribution in [0.1, 0.15) is 32.6 Å². The Balaban J connectivity index is 1.86. The van der Waals surface area contributed by atoms with Crippen LogP contribution in [0.3, 0.4) is 0 Å². The van der Waals surface area contributed by atoms with Crippen LogP contribution in [0, 0.1) is 11.8 Å². The van der Waals surface area contributed by atoms with Crippen molar-refractivity contribution in [1.29, 1.82) is 0 Å². The highest BCUT2D eigenvalue weighted by molar-refractivity contribution is 4.83. The van der Waals surface area contributed by atoms with Gasteiger partial charge in [-0.05, 0) is 38.0 Å². The third-order valence-corrected chi connectivity index (χ3v) is 3.45. The normalized spacial score (nSPS) is 37.4. The maximum atomic E-state index is 9.33. The van der Waals surface area contributed by atoms with Crippen LogP contribution >= 0.6 is 0 Å². The summed E-state index contributed by atoms with van der Waals surface area (Å²) in [6, 6.07) is 0. The summed E-state index contributed by atoms with van der Waals surface area (Å²) < 4.78 is 0. The lowest BCUT2D eigenvalue weighted by Crippen LogP contribution is -2.45. The highest BCUT2D eigenvalue weighted by atomic mass is 16.3. The van der Waals surface area contributed by atoms with Gasteiger partial charge in [0.05, 0.1) is 6.10 Å². The van der Waals surface area contributed by atoms with Gasteiger partial charge >= 0.3 is 0 Å². The van der Waals surface area contributed by atoms with Gasteiger partial charge in [0.1, 0.15) is 0 Å². The van der Waals surface area contributed by atoms with Gasteiger partial charge in [0.25, 0.3) is 0 Å². The number of hydrogen-bond donors (Lipinski definition) is 1. The SMILES string of the molecule is C[C@@H](O)CN1CC2CCCC(C2)C1. The van der Waals surface area contributed by atoms with Crippen molar-refractivity contribution < 1.29 is 5.11 Å². The molecule has 2 fully saturated rings. The second-order valence-electron chi connectivity index (χ2n) is 4.97. The summed E-state index contributed by atoms with van der Waals surface area (Å²) >= 11 is 0. The summed E-state index contributed by atoms with van der Waals surface area (Å²) in [5.41, 5.74) is 0. The van der Waals surface area contributed by atoms with Gasteiger partial charge in [-0.25, -0.2) is 0 Å². The molecule has 0 aromatic carbocycles. The monoisotopic (exact) mass is 183 g/mol. The van der Waals surface area contributed by atoms with Crippen molar-refractivity contribution in [1.82, 2.24) is 4.90 Å². The molecule has 2 aliphatic rings. The standard InChI is InChI=1S/C11H21NO/c1-9(13)6-12-7-10-3-2-4-11(5-10)8-12/h9-11,13H,2-8H2,1H3/t9-,10?,11?/m1/s1. The number of fused-ring (bicyclic) bond motifs is 2. The fraction of sp³-hybridized carbons (Fsp3) is 1.00. The summed E-state index contributed by atoms with van der Waals surface area (Å²) in [6.45, 7) is 5.25. The predicted molar refractivity (Wildman–Crippen MR) is 53.6 cm³/mol. The summed E-state index contributed by atoms with van der Waals surface area (Å²) in [7, 11) is 0. The van der Waals surface area contributed by atoms with Gasteiger partial charge in [-0.15, -0.1) is 0 Å². The zero-order chi connectivity index (χ0) is 9.26. The van der Waals surface area contributed by atoms with Crippen molar-refractivity contribution in [2.45, 2.75) is 38.7 Å². The second-order valence-corrected chi connectivity index (χ2v) is 4.97. The molecule has 2 heteroatoms. The topological polar surface area (TPSA) is 23.5 Å². The highest BCUT2D eigenvalue weighted by Crippen LogP contribution is 2.34. The Morgan fingerprint density at radius 1 is 1.31 bits per heavy atom. The van der Waals surface area contributed by atoms with Crippen LogP contribution in [0.5, 0.6) is 0 Å². The van der Waals surface area contributed by atoms with Gasteiger partial charge in [-0.1, -0.05) is 6.42 Å². The Hall–Kier alpha value is -0.0800. The van der Waals surface area contributed by atoms with E-state index in [1.165, 1.54) is 38.8 Å². The van der Waals surface area contributed by atoms with E-state index < -0.39 is 0 Å². The molecule has 0 spiro atoms. The maximum Gasteiger partial charge on any atom is 0.0639 e. The Labute approximate surface area is 80.9 Å². The van der Waals surface area contributed by atoms with Gasteiger partial charge in [0, 0.05) is 19.6 Å². The summed E-state index contributed by atoms with van der Waals surface area (Å²) in [5.74, 6) is 1.87. The summed E-state index contributed by atoms with van der Waals surface area (Å²) in [5, 5.41) is 9.33. The number of nitrogens with zero attached hydrogens (tertiary/aromatic N) is 1. The lowest BCUT2D eigenvalue weighted by molar-refractivity contribution is 0.0489. The Bertz CT molecular complexity index is 157. The minimum absolute atomic E-state index is 0.154. The molecule has 3 atom stereocenters. The van der Waals surface area contributed by atoms with Crippen LogP contribution in [0.15, 0.2) is 0 Å². The van der Waals surface area contributed by atoms with E-state index in [4.69, 9.17) is 0 Å². The lowest BCUT2D eigenvalue weighted by atomic mass is 9.78. The van der Waals surface area contributed by atoms with Crippen LogP contribution in [-0.4, -0.2) is 35.7 Å². The van der Waals surface area contributed by atoms with Crippen LogP contribution in [-0.2, 0) is 0 Å². The van der Waals surface area contributed by atoms with Crippen molar-refractivity contribution in [3.8, 4) is 0 Å². The van der Waals surface area contributed by atoms with E-state index in [-0.39, 0.29) is 6.10 Å². The van der Waals surface area contributed by atoms with E-state index in [0.29, 0.717) is 0 Å². The molecule has 13 heavy (non-hydrogen) atoms. The van der Waals surface area contributed by atoms with E-state index in [0.717, 1.165) is 18.4 Å². The highest BCUT2D eigenvalue weighted by Gasteiger charge is 2.30. The third-order valence-electron chi connectivity index (χ3n) is 3.45.